The smallest absolute Gasteiger partial charge is 0.110 e. The molecule has 0 aromatic carbocycles. The number of hydrogen-bond acceptors (Lipinski definition) is 2. The van der Waals surface area contributed by atoms with E-state index < -0.39 is 0 Å². The van der Waals surface area contributed by atoms with E-state index >= 15 is 0 Å². The first-order valence-corrected chi connectivity index (χ1v) is 4.09. The third kappa shape index (κ3) is 1.96. The van der Waals surface area contributed by atoms with Crippen LogP contribution in [-0.4, -0.2) is 23.4 Å². The molecule has 60 valence electrons. The number of ether oxygens (including phenoxy) is 1. The molecule has 1 fully saturated rings. The first-order valence-electron chi connectivity index (χ1n) is 4.09. The molecule has 1 N–H and O–H groups in total. The monoisotopic (exact) mass is 144 g/mol. The normalized spacial score (nSPS) is 33.9. The minimum atomic E-state index is -0.276. The van der Waals surface area contributed by atoms with Gasteiger partial charge in [-0.25, -0.2) is 0 Å². The van der Waals surface area contributed by atoms with Gasteiger partial charge in [-0.05, 0) is 13.3 Å². The van der Waals surface area contributed by atoms with Crippen molar-refractivity contribution < 1.29 is 9.84 Å². The topological polar surface area (TPSA) is 32.8 Å². The summed E-state index contributed by atoms with van der Waals surface area (Å²) in [7, 11) is 0. The predicted octanol–water partition coefficient (Wildman–Crippen LogP) is 1.32. The fourth-order valence-electron chi connectivity index (χ4n) is 1.22. The molecule has 0 amide bonds. The molecule has 3 unspecified atom stereocenters. The molecule has 3 atom stereocenters. The Morgan fingerprint density at radius 1 is 1.60 bits per heavy atom. The Bertz CT molecular complexity index is 101. The van der Waals surface area contributed by atoms with Gasteiger partial charge in [0.05, 0.1) is 12.2 Å². The molecule has 0 radical (unpaired) electrons. The van der Waals surface area contributed by atoms with Crippen LogP contribution in [0.1, 0.15) is 33.1 Å². The van der Waals surface area contributed by atoms with Gasteiger partial charge in [0.2, 0.25) is 0 Å². The van der Waals surface area contributed by atoms with Crippen LogP contribution < -0.4 is 0 Å². The van der Waals surface area contributed by atoms with Gasteiger partial charge in [-0.1, -0.05) is 19.8 Å². The minimum Gasteiger partial charge on any atom is -0.391 e. The molecule has 10 heavy (non-hydrogen) atoms. The molecule has 2 heteroatoms. The Morgan fingerprint density at radius 2 is 2.30 bits per heavy atom. The van der Waals surface area contributed by atoms with Crippen molar-refractivity contribution >= 4 is 0 Å². The van der Waals surface area contributed by atoms with E-state index in [1.165, 1.54) is 12.8 Å². The van der Waals surface area contributed by atoms with Crippen molar-refractivity contribution in [2.24, 2.45) is 0 Å². The van der Waals surface area contributed by atoms with E-state index in [9.17, 15) is 0 Å². The zero-order valence-electron chi connectivity index (χ0n) is 6.71. The number of rotatable bonds is 4. The lowest BCUT2D eigenvalue weighted by molar-refractivity contribution is 0.152. The molecule has 0 aromatic rings. The van der Waals surface area contributed by atoms with E-state index in [1.54, 1.807) is 6.92 Å². The van der Waals surface area contributed by atoms with Gasteiger partial charge >= 0.3 is 0 Å². The Balaban J connectivity index is 2.02. The third-order valence-electron chi connectivity index (χ3n) is 1.94. The standard InChI is InChI=1S/C8H16O2/c1-3-4-5-7-8(10-7)6(2)9/h6-9H,3-5H2,1-2H3. The zero-order valence-corrected chi connectivity index (χ0v) is 6.71. The van der Waals surface area contributed by atoms with Gasteiger partial charge in [-0.3, -0.25) is 0 Å². The highest BCUT2D eigenvalue weighted by Gasteiger charge is 2.41. The van der Waals surface area contributed by atoms with Crippen molar-refractivity contribution in [3.05, 3.63) is 0 Å². The highest BCUT2D eigenvalue weighted by molar-refractivity contribution is 4.88. The number of aliphatic hydroxyl groups excluding tert-OH is 1. The van der Waals surface area contributed by atoms with Crippen LogP contribution in [0.25, 0.3) is 0 Å². The first kappa shape index (κ1) is 8.02. The average Bonchev–Trinajstić information content (AvgIpc) is 2.62. The number of hydrogen-bond donors (Lipinski definition) is 1. The second-order valence-corrected chi connectivity index (χ2v) is 3.02. The van der Waals surface area contributed by atoms with Crippen molar-refractivity contribution in [1.29, 1.82) is 0 Å². The molecule has 0 spiro atoms. The van der Waals surface area contributed by atoms with Crippen LogP contribution >= 0.6 is 0 Å². The van der Waals surface area contributed by atoms with E-state index in [0.717, 1.165) is 6.42 Å². The van der Waals surface area contributed by atoms with Crippen molar-refractivity contribution in [3.63, 3.8) is 0 Å². The van der Waals surface area contributed by atoms with Crippen molar-refractivity contribution in [2.45, 2.75) is 51.4 Å². The van der Waals surface area contributed by atoms with Crippen LogP contribution in [-0.2, 0) is 4.74 Å². The molecule has 1 rings (SSSR count). The van der Waals surface area contributed by atoms with E-state index in [2.05, 4.69) is 6.92 Å². The summed E-state index contributed by atoms with van der Waals surface area (Å²) in [6, 6.07) is 0. The maximum Gasteiger partial charge on any atom is 0.110 e. The summed E-state index contributed by atoms with van der Waals surface area (Å²) in [5.41, 5.74) is 0. The van der Waals surface area contributed by atoms with Crippen molar-refractivity contribution in [1.82, 2.24) is 0 Å². The molecule has 1 saturated heterocycles. The minimum absolute atomic E-state index is 0.145. The summed E-state index contributed by atoms with van der Waals surface area (Å²) in [4.78, 5) is 0. The first-order chi connectivity index (χ1) is 4.75. The van der Waals surface area contributed by atoms with Crippen LogP contribution in [0.3, 0.4) is 0 Å². The van der Waals surface area contributed by atoms with Crippen LogP contribution in [0.4, 0.5) is 0 Å². The largest absolute Gasteiger partial charge is 0.391 e. The quantitative estimate of drug-likeness (QED) is 0.604. The van der Waals surface area contributed by atoms with Crippen LogP contribution in [0.2, 0.25) is 0 Å². The molecule has 0 aliphatic carbocycles. The van der Waals surface area contributed by atoms with Crippen LogP contribution in [0, 0.1) is 0 Å². The molecule has 1 aliphatic heterocycles. The fourth-order valence-corrected chi connectivity index (χ4v) is 1.22. The molecular weight excluding hydrogens is 128 g/mol. The molecule has 1 heterocycles. The highest BCUT2D eigenvalue weighted by atomic mass is 16.6. The summed E-state index contributed by atoms with van der Waals surface area (Å²) in [6.07, 6.45) is 3.78. The Kier molecular flexibility index (Phi) is 2.69. The molecule has 1 aliphatic rings. The van der Waals surface area contributed by atoms with E-state index in [-0.39, 0.29) is 12.2 Å². The van der Waals surface area contributed by atoms with Crippen LogP contribution in [0.15, 0.2) is 0 Å². The number of epoxide rings is 1. The fraction of sp³-hybridized carbons (Fsp3) is 1.00. The zero-order chi connectivity index (χ0) is 7.56. The van der Waals surface area contributed by atoms with E-state index in [0.29, 0.717) is 6.10 Å². The average molecular weight is 144 g/mol. The predicted molar refractivity (Wildman–Crippen MR) is 39.9 cm³/mol. The highest BCUT2D eigenvalue weighted by Crippen LogP contribution is 2.29. The summed E-state index contributed by atoms with van der Waals surface area (Å²) in [6.45, 7) is 3.95. The molecule has 0 bridgehead atoms. The van der Waals surface area contributed by atoms with Gasteiger partial charge in [0.1, 0.15) is 6.10 Å². The van der Waals surface area contributed by atoms with Crippen molar-refractivity contribution in [2.75, 3.05) is 0 Å². The Labute approximate surface area is 62.2 Å². The Hall–Kier alpha value is -0.0800. The number of aliphatic hydroxyl groups is 1. The molecule has 0 saturated carbocycles. The van der Waals surface area contributed by atoms with E-state index in [4.69, 9.17) is 9.84 Å². The summed E-state index contributed by atoms with van der Waals surface area (Å²) < 4.78 is 5.23. The molecule has 2 nitrogen and oxygen atoms in total. The summed E-state index contributed by atoms with van der Waals surface area (Å²) >= 11 is 0. The van der Waals surface area contributed by atoms with Gasteiger partial charge in [-0.15, -0.1) is 0 Å². The second kappa shape index (κ2) is 3.35. The molecule has 0 aromatic heterocycles. The SMILES string of the molecule is CCCCC1OC1C(C)O. The van der Waals surface area contributed by atoms with Gasteiger partial charge in [0, 0.05) is 0 Å². The summed E-state index contributed by atoms with van der Waals surface area (Å²) in [5, 5.41) is 9.04. The lowest BCUT2D eigenvalue weighted by Crippen LogP contribution is -2.11. The van der Waals surface area contributed by atoms with Gasteiger partial charge < -0.3 is 9.84 Å². The number of unbranched alkanes of at least 4 members (excludes halogenated alkanes) is 1. The van der Waals surface area contributed by atoms with Gasteiger partial charge in [-0.2, -0.15) is 0 Å². The lowest BCUT2D eigenvalue weighted by atomic mass is 10.1. The third-order valence-corrected chi connectivity index (χ3v) is 1.94. The lowest BCUT2D eigenvalue weighted by Gasteiger charge is -1.95. The summed E-state index contributed by atoms with van der Waals surface area (Å²) in [5.74, 6) is 0. The van der Waals surface area contributed by atoms with Gasteiger partial charge in [0.25, 0.3) is 0 Å². The maximum atomic E-state index is 9.04. The van der Waals surface area contributed by atoms with E-state index in [1.807, 2.05) is 0 Å². The maximum absolute atomic E-state index is 9.04. The second-order valence-electron chi connectivity index (χ2n) is 3.02. The van der Waals surface area contributed by atoms with Crippen molar-refractivity contribution in [3.8, 4) is 0 Å². The van der Waals surface area contributed by atoms with Crippen LogP contribution in [0.5, 0.6) is 0 Å². The molecular formula is C8H16O2. The van der Waals surface area contributed by atoms with Gasteiger partial charge in [0.15, 0.2) is 0 Å². The Morgan fingerprint density at radius 3 is 2.70 bits per heavy atom.